The molecule has 0 N–H and O–H groups in total. The number of hydrogen-bond acceptors (Lipinski definition) is 3. The first-order chi connectivity index (χ1) is 15.2. The van der Waals surface area contributed by atoms with Crippen LogP contribution in [0.25, 0.3) is 22.2 Å². The lowest BCUT2D eigenvalue weighted by Crippen LogP contribution is -2.56. The van der Waals surface area contributed by atoms with Crippen LogP contribution in [0.5, 0.6) is 11.5 Å². The zero-order valence-corrected chi connectivity index (χ0v) is 17.4. The van der Waals surface area contributed by atoms with Crippen molar-refractivity contribution in [1.82, 2.24) is 4.98 Å². The molecular weight excluding hydrogens is 381 g/mol. The predicted octanol–water partition coefficient (Wildman–Crippen LogP) is 4.73. The number of hydrogen-bond donors (Lipinski definition) is 0. The Labute approximate surface area is 181 Å². The van der Waals surface area contributed by atoms with Gasteiger partial charge in [0.2, 0.25) is 0 Å². The van der Waals surface area contributed by atoms with Gasteiger partial charge in [-0.1, -0.05) is 65.1 Å². The van der Waals surface area contributed by atoms with Crippen LogP contribution in [0.2, 0.25) is 0 Å². The molecule has 0 saturated heterocycles. The number of furan rings is 1. The minimum absolute atomic E-state index is 0.0230. The first-order valence-electron chi connectivity index (χ1n) is 10.5. The number of ether oxygens (including phenoxy) is 1. The van der Waals surface area contributed by atoms with Gasteiger partial charge in [-0.2, -0.15) is 0 Å². The maximum Gasteiger partial charge on any atom is 0.297 e. The summed E-state index contributed by atoms with van der Waals surface area (Å²) in [6.45, 7) is 4.31. The number of pyridine rings is 1. The highest BCUT2D eigenvalue weighted by atomic mass is 16.5. The normalized spacial score (nSPS) is 12.4. The van der Waals surface area contributed by atoms with Gasteiger partial charge in [-0.15, -0.1) is 0 Å². The molecule has 31 heavy (non-hydrogen) atoms. The van der Waals surface area contributed by atoms with Gasteiger partial charge >= 0.3 is 0 Å². The standard InChI is InChI=1S/C27H20BNO2/c1-17-9-7-10-18(2)24(17)28-21-13-3-4-15-23(21)30-26-20-12-8-11-19(25(20)31-27(26)28)22-14-5-6-16-29-22/h3-16H,1-2H3. The van der Waals surface area contributed by atoms with Crippen LogP contribution in [0.4, 0.5) is 0 Å². The lowest BCUT2D eigenvalue weighted by atomic mass is 9.36. The van der Waals surface area contributed by atoms with Crippen molar-refractivity contribution >= 4 is 34.3 Å². The van der Waals surface area contributed by atoms with Crippen LogP contribution < -0.4 is 21.3 Å². The van der Waals surface area contributed by atoms with E-state index in [1.165, 1.54) is 16.6 Å². The Morgan fingerprint density at radius 2 is 1.55 bits per heavy atom. The van der Waals surface area contributed by atoms with Gasteiger partial charge < -0.3 is 9.15 Å². The number of nitrogens with zero attached hydrogens (tertiary/aromatic N) is 1. The summed E-state index contributed by atoms with van der Waals surface area (Å²) >= 11 is 0. The topological polar surface area (TPSA) is 35.3 Å². The summed E-state index contributed by atoms with van der Waals surface area (Å²) < 4.78 is 13.1. The van der Waals surface area contributed by atoms with E-state index in [-0.39, 0.29) is 6.71 Å². The average molecular weight is 401 g/mol. The summed E-state index contributed by atoms with van der Waals surface area (Å²) in [6, 6.07) is 26.8. The Morgan fingerprint density at radius 1 is 0.774 bits per heavy atom. The van der Waals surface area contributed by atoms with Gasteiger partial charge in [0, 0.05) is 11.8 Å². The van der Waals surface area contributed by atoms with Crippen LogP contribution in [0.15, 0.2) is 89.5 Å². The second-order valence-corrected chi connectivity index (χ2v) is 8.07. The van der Waals surface area contributed by atoms with Crippen molar-refractivity contribution in [3.63, 3.8) is 0 Å². The molecule has 0 radical (unpaired) electrons. The molecule has 3 heterocycles. The second kappa shape index (κ2) is 6.88. The van der Waals surface area contributed by atoms with E-state index < -0.39 is 0 Å². The third kappa shape index (κ3) is 2.72. The second-order valence-electron chi connectivity index (χ2n) is 8.07. The maximum atomic E-state index is 6.64. The molecule has 2 aromatic heterocycles. The highest BCUT2D eigenvalue weighted by molar-refractivity contribution is 6.96. The molecule has 4 heteroatoms. The van der Waals surface area contributed by atoms with E-state index >= 15 is 0 Å². The fourth-order valence-electron chi connectivity index (χ4n) is 4.77. The Kier molecular flexibility index (Phi) is 4.00. The minimum atomic E-state index is -0.0230. The van der Waals surface area contributed by atoms with E-state index in [4.69, 9.17) is 9.15 Å². The molecular formula is C27H20BNO2. The highest BCUT2D eigenvalue weighted by Gasteiger charge is 2.39. The zero-order valence-electron chi connectivity index (χ0n) is 17.4. The van der Waals surface area contributed by atoms with Crippen LogP contribution in [-0.2, 0) is 0 Å². The highest BCUT2D eigenvalue weighted by Crippen LogP contribution is 2.37. The average Bonchev–Trinajstić information content (AvgIpc) is 3.17. The van der Waals surface area contributed by atoms with Crippen molar-refractivity contribution in [3.8, 4) is 22.8 Å². The molecule has 0 amide bonds. The summed E-state index contributed by atoms with van der Waals surface area (Å²) in [6.07, 6.45) is 1.81. The molecule has 0 spiro atoms. The molecule has 1 aliphatic heterocycles. The van der Waals surface area contributed by atoms with Crippen molar-refractivity contribution in [2.75, 3.05) is 0 Å². The largest absolute Gasteiger partial charge is 0.466 e. The van der Waals surface area contributed by atoms with E-state index in [2.05, 4.69) is 61.3 Å². The number of aromatic nitrogens is 1. The third-order valence-electron chi connectivity index (χ3n) is 6.17. The molecule has 3 aromatic carbocycles. The van der Waals surface area contributed by atoms with Crippen LogP contribution in [0.3, 0.4) is 0 Å². The molecule has 5 aromatic rings. The van der Waals surface area contributed by atoms with Gasteiger partial charge in [-0.3, -0.25) is 4.98 Å². The van der Waals surface area contributed by atoms with Gasteiger partial charge in [0.1, 0.15) is 17.0 Å². The minimum Gasteiger partial charge on any atom is -0.466 e. The molecule has 1 aliphatic rings. The molecule has 0 saturated carbocycles. The Bertz CT molecular complexity index is 1420. The summed E-state index contributed by atoms with van der Waals surface area (Å²) in [7, 11) is 0. The maximum absolute atomic E-state index is 6.64. The van der Waals surface area contributed by atoms with Gasteiger partial charge in [0.05, 0.1) is 11.1 Å². The summed E-state index contributed by atoms with van der Waals surface area (Å²) in [5.41, 5.74) is 8.44. The molecule has 0 atom stereocenters. The number of rotatable bonds is 2. The monoisotopic (exact) mass is 401 g/mol. The summed E-state index contributed by atoms with van der Waals surface area (Å²) in [5, 5.41) is 0.976. The summed E-state index contributed by atoms with van der Waals surface area (Å²) in [5.74, 6) is 1.69. The van der Waals surface area contributed by atoms with Crippen LogP contribution >= 0.6 is 0 Å². The molecule has 0 bridgehead atoms. The molecule has 148 valence electrons. The molecule has 0 fully saturated rings. The zero-order chi connectivity index (χ0) is 20.9. The lowest BCUT2D eigenvalue weighted by molar-refractivity contribution is 0.482. The van der Waals surface area contributed by atoms with Crippen molar-refractivity contribution in [1.29, 1.82) is 0 Å². The van der Waals surface area contributed by atoms with E-state index in [1.54, 1.807) is 0 Å². The number of para-hydroxylation sites is 2. The Morgan fingerprint density at radius 3 is 2.35 bits per heavy atom. The van der Waals surface area contributed by atoms with Crippen LogP contribution in [0, 0.1) is 13.8 Å². The van der Waals surface area contributed by atoms with Gasteiger partial charge in [0.15, 0.2) is 5.75 Å². The molecule has 0 unspecified atom stereocenters. The molecule has 3 nitrogen and oxygen atoms in total. The Hall–Kier alpha value is -3.79. The predicted molar refractivity (Wildman–Crippen MR) is 127 cm³/mol. The van der Waals surface area contributed by atoms with Gasteiger partial charge in [-0.05, 0) is 49.6 Å². The van der Waals surface area contributed by atoms with Gasteiger partial charge in [0.25, 0.3) is 6.71 Å². The van der Waals surface area contributed by atoms with Crippen LogP contribution in [0.1, 0.15) is 11.1 Å². The molecule has 6 rings (SSSR count). The van der Waals surface area contributed by atoms with Crippen molar-refractivity contribution in [2.24, 2.45) is 0 Å². The third-order valence-corrected chi connectivity index (χ3v) is 6.17. The van der Waals surface area contributed by atoms with Gasteiger partial charge in [-0.25, -0.2) is 0 Å². The summed E-state index contributed by atoms with van der Waals surface area (Å²) in [4.78, 5) is 4.55. The number of aryl methyl sites for hydroxylation is 2. The smallest absolute Gasteiger partial charge is 0.297 e. The van der Waals surface area contributed by atoms with Crippen molar-refractivity contribution < 1.29 is 9.15 Å². The van der Waals surface area contributed by atoms with Crippen molar-refractivity contribution in [2.45, 2.75) is 13.8 Å². The molecule has 0 aliphatic carbocycles. The fourth-order valence-corrected chi connectivity index (χ4v) is 4.77. The first kappa shape index (κ1) is 18.0. The number of fused-ring (bicyclic) bond motifs is 4. The van der Waals surface area contributed by atoms with E-state index in [0.717, 1.165) is 44.8 Å². The number of benzene rings is 3. The lowest BCUT2D eigenvalue weighted by Gasteiger charge is -2.25. The van der Waals surface area contributed by atoms with Crippen LogP contribution in [-0.4, -0.2) is 11.7 Å². The van der Waals surface area contributed by atoms with E-state index in [1.807, 2.05) is 42.6 Å². The Balaban J connectivity index is 1.67. The SMILES string of the molecule is Cc1cccc(C)c1B1c2ccccc2Oc2c1oc1c(-c3ccccn3)cccc21. The fraction of sp³-hybridized carbons (Fsp3) is 0.0741. The van der Waals surface area contributed by atoms with E-state index in [9.17, 15) is 0 Å². The first-order valence-corrected chi connectivity index (χ1v) is 10.5. The van der Waals surface area contributed by atoms with E-state index in [0.29, 0.717) is 0 Å². The quantitative estimate of drug-likeness (QED) is 0.394. The van der Waals surface area contributed by atoms with Crippen molar-refractivity contribution in [3.05, 3.63) is 96.2 Å².